The van der Waals surface area contributed by atoms with Crippen LogP contribution in [0.1, 0.15) is 5.82 Å². The number of imidazole rings is 1. The van der Waals surface area contributed by atoms with Gasteiger partial charge < -0.3 is 19.2 Å². The Labute approximate surface area is 165 Å². The minimum Gasteiger partial charge on any atom is -0.493 e. The molecule has 0 unspecified atom stereocenters. The number of hydrogen-bond acceptors (Lipinski definition) is 7. The smallest absolute Gasteiger partial charge is 0.203 e. The lowest BCUT2D eigenvalue weighted by Gasteiger charge is -2.12. The number of ether oxygens (including phenoxy) is 3. The van der Waals surface area contributed by atoms with Crippen LogP contribution >= 0.6 is 11.8 Å². The van der Waals surface area contributed by atoms with Crippen LogP contribution < -0.4 is 14.2 Å². The van der Waals surface area contributed by atoms with Gasteiger partial charge in [0, 0.05) is 5.56 Å². The van der Waals surface area contributed by atoms with E-state index in [1.165, 1.54) is 0 Å². The molecule has 0 spiro atoms. The summed E-state index contributed by atoms with van der Waals surface area (Å²) in [5.74, 6) is 3.55. The average Bonchev–Trinajstić information content (AvgIpc) is 3.37. The van der Waals surface area contributed by atoms with Crippen molar-refractivity contribution < 1.29 is 14.2 Å². The van der Waals surface area contributed by atoms with Crippen LogP contribution in [0.15, 0.2) is 41.6 Å². The van der Waals surface area contributed by atoms with Crippen molar-refractivity contribution in [3.8, 4) is 28.6 Å². The molecule has 28 heavy (non-hydrogen) atoms. The largest absolute Gasteiger partial charge is 0.493 e. The van der Waals surface area contributed by atoms with Crippen molar-refractivity contribution in [1.82, 2.24) is 25.1 Å². The van der Waals surface area contributed by atoms with Crippen LogP contribution in [0.2, 0.25) is 0 Å². The molecule has 2 aromatic heterocycles. The fraction of sp³-hybridized carbons (Fsp3) is 0.211. The Kier molecular flexibility index (Phi) is 5.07. The maximum Gasteiger partial charge on any atom is 0.203 e. The molecule has 2 heterocycles. The second-order valence-electron chi connectivity index (χ2n) is 5.87. The number of nitrogens with zero attached hydrogens (tertiary/aromatic N) is 3. The van der Waals surface area contributed by atoms with Gasteiger partial charge in [-0.1, -0.05) is 23.9 Å². The molecule has 0 aliphatic carbocycles. The number of hydrogen-bond donors (Lipinski definition) is 2. The maximum absolute atomic E-state index is 5.39. The van der Waals surface area contributed by atoms with Gasteiger partial charge in [-0.05, 0) is 24.3 Å². The number of benzene rings is 2. The minimum atomic E-state index is 0.532. The van der Waals surface area contributed by atoms with Gasteiger partial charge in [0.15, 0.2) is 22.5 Å². The topological polar surface area (TPSA) is 97.9 Å². The number of rotatable bonds is 7. The van der Waals surface area contributed by atoms with Gasteiger partial charge in [-0.15, -0.1) is 0 Å². The lowest BCUT2D eigenvalue weighted by Crippen LogP contribution is -1.96. The van der Waals surface area contributed by atoms with Crippen molar-refractivity contribution in [2.45, 2.75) is 10.9 Å². The molecule has 2 N–H and O–H groups in total. The van der Waals surface area contributed by atoms with E-state index in [1.54, 1.807) is 33.1 Å². The molecule has 8 nitrogen and oxygen atoms in total. The molecule has 0 fully saturated rings. The first-order valence-electron chi connectivity index (χ1n) is 8.51. The Morgan fingerprint density at radius 2 is 1.71 bits per heavy atom. The number of fused-ring (bicyclic) bond motifs is 1. The zero-order valence-corrected chi connectivity index (χ0v) is 16.5. The second kappa shape index (κ2) is 7.81. The molecule has 0 bridgehead atoms. The molecule has 0 aliphatic rings. The molecule has 0 saturated carbocycles. The number of methoxy groups -OCH3 is 3. The highest BCUT2D eigenvalue weighted by Gasteiger charge is 2.16. The summed E-state index contributed by atoms with van der Waals surface area (Å²) in [7, 11) is 4.73. The van der Waals surface area contributed by atoms with Gasteiger partial charge in [-0.2, -0.15) is 5.10 Å². The first kappa shape index (κ1) is 18.2. The van der Waals surface area contributed by atoms with Gasteiger partial charge in [-0.3, -0.25) is 5.10 Å². The number of aromatic amines is 2. The van der Waals surface area contributed by atoms with Crippen molar-refractivity contribution in [1.29, 1.82) is 0 Å². The minimum absolute atomic E-state index is 0.532. The molecule has 4 aromatic rings. The van der Waals surface area contributed by atoms with Gasteiger partial charge in [0.1, 0.15) is 5.82 Å². The van der Waals surface area contributed by atoms with Crippen LogP contribution in [0.4, 0.5) is 0 Å². The SMILES string of the molecule is COc1cc(-c2n[nH]c(CSc3nc4ccccc4[nH]3)n2)cc(OC)c1OC. The second-order valence-corrected chi connectivity index (χ2v) is 6.83. The fourth-order valence-electron chi connectivity index (χ4n) is 2.83. The van der Waals surface area contributed by atoms with Crippen molar-refractivity contribution in [2.75, 3.05) is 21.3 Å². The predicted octanol–water partition coefficient (Wildman–Crippen LogP) is 3.67. The Hall–Kier alpha value is -3.20. The Morgan fingerprint density at radius 1 is 0.964 bits per heavy atom. The highest BCUT2D eigenvalue weighted by molar-refractivity contribution is 7.98. The highest BCUT2D eigenvalue weighted by atomic mass is 32.2. The van der Waals surface area contributed by atoms with Gasteiger partial charge in [-0.25, -0.2) is 9.97 Å². The van der Waals surface area contributed by atoms with E-state index in [-0.39, 0.29) is 0 Å². The number of H-pyrrole nitrogens is 2. The molecule has 0 atom stereocenters. The van der Waals surface area contributed by atoms with Crippen molar-refractivity contribution in [2.24, 2.45) is 0 Å². The van der Waals surface area contributed by atoms with Crippen LogP contribution in [0.3, 0.4) is 0 Å². The number of aromatic nitrogens is 5. The summed E-state index contributed by atoms with van der Waals surface area (Å²) in [6, 6.07) is 11.6. The monoisotopic (exact) mass is 397 g/mol. The lowest BCUT2D eigenvalue weighted by molar-refractivity contribution is 0.324. The molecule has 2 aromatic carbocycles. The van der Waals surface area contributed by atoms with Crippen LogP contribution in [0.25, 0.3) is 22.4 Å². The number of nitrogens with one attached hydrogen (secondary N) is 2. The molecule has 4 rings (SSSR count). The molecular formula is C19H19N5O3S. The van der Waals surface area contributed by atoms with E-state index in [0.717, 1.165) is 27.6 Å². The maximum atomic E-state index is 5.39. The van der Waals surface area contributed by atoms with E-state index < -0.39 is 0 Å². The number of thioether (sulfide) groups is 1. The van der Waals surface area contributed by atoms with Gasteiger partial charge in [0.05, 0.1) is 38.1 Å². The molecule has 9 heteroatoms. The van der Waals surface area contributed by atoms with Crippen molar-refractivity contribution in [3.63, 3.8) is 0 Å². The van der Waals surface area contributed by atoms with Crippen LogP contribution in [-0.2, 0) is 5.75 Å². The molecule has 0 saturated heterocycles. The summed E-state index contributed by atoms with van der Waals surface area (Å²) in [6.07, 6.45) is 0. The van der Waals surface area contributed by atoms with Crippen LogP contribution in [-0.4, -0.2) is 46.5 Å². The third kappa shape index (κ3) is 3.48. The zero-order valence-electron chi connectivity index (χ0n) is 15.6. The first-order chi connectivity index (χ1) is 13.7. The van der Waals surface area contributed by atoms with Gasteiger partial charge >= 0.3 is 0 Å². The Bertz CT molecular complexity index is 1050. The van der Waals surface area contributed by atoms with E-state index in [4.69, 9.17) is 14.2 Å². The summed E-state index contributed by atoms with van der Waals surface area (Å²) in [4.78, 5) is 12.4. The molecule has 0 aliphatic heterocycles. The normalized spacial score (nSPS) is 11.0. The molecule has 0 amide bonds. The summed E-state index contributed by atoms with van der Waals surface area (Å²) in [6.45, 7) is 0. The van der Waals surface area contributed by atoms with Gasteiger partial charge in [0.2, 0.25) is 5.75 Å². The van der Waals surface area contributed by atoms with Crippen molar-refractivity contribution in [3.05, 3.63) is 42.2 Å². The molecule has 144 valence electrons. The van der Waals surface area contributed by atoms with E-state index in [1.807, 2.05) is 36.4 Å². The summed E-state index contributed by atoms with van der Waals surface area (Å²) in [5, 5.41) is 8.13. The number of para-hydroxylation sites is 2. The van der Waals surface area contributed by atoms with Crippen molar-refractivity contribution >= 4 is 22.8 Å². The Morgan fingerprint density at radius 3 is 2.39 bits per heavy atom. The third-order valence-electron chi connectivity index (χ3n) is 4.17. The summed E-state index contributed by atoms with van der Waals surface area (Å²) < 4.78 is 16.1. The summed E-state index contributed by atoms with van der Waals surface area (Å²) in [5.41, 5.74) is 2.73. The van der Waals surface area contributed by atoms with Crippen LogP contribution in [0, 0.1) is 0 Å². The fourth-order valence-corrected chi connectivity index (χ4v) is 3.58. The first-order valence-corrected chi connectivity index (χ1v) is 9.49. The quantitative estimate of drug-likeness (QED) is 0.459. The Balaban J connectivity index is 1.54. The zero-order chi connectivity index (χ0) is 19.5. The van der Waals surface area contributed by atoms with E-state index >= 15 is 0 Å². The lowest BCUT2D eigenvalue weighted by atomic mass is 10.1. The summed E-state index contributed by atoms with van der Waals surface area (Å²) >= 11 is 1.56. The van der Waals surface area contributed by atoms with Gasteiger partial charge in [0.25, 0.3) is 0 Å². The predicted molar refractivity (Wildman–Crippen MR) is 107 cm³/mol. The molecule has 0 radical (unpaired) electrons. The standard InChI is InChI=1S/C19H19N5O3S/c1-25-14-8-11(9-15(26-2)17(14)27-3)18-22-16(23-24-18)10-28-19-20-12-6-4-5-7-13(12)21-19/h4-9H,10H2,1-3H3,(H,20,21)(H,22,23,24). The van der Waals surface area contributed by atoms with E-state index in [0.29, 0.717) is 28.8 Å². The molecular weight excluding hydrogens is 378 g/mol. The highest BCUT2D eigenvalue weighted by Crippen LogP contribution is 2.40. The average molecular weight is 397 g/mol. The van der Waals surface area contributed by atoms with E-state index in [9.17, 15) is 0 Å². The third-order valence-corrected chi connectivity index (χ3v) is 5.05. The van der Waals surface area contributed by atoms with Crippen LogP contribution in [0.5, 0.6) is 17.2 Å². The van der Waals surface area contributed by atoms with E-state index in [2.05, 4.69) is 25.1 Å².